The quantitative estimate of drug-likeness (QED) is 0.805. The first-order chi connectivity index (χ1) is 6.31. The minimum absolute atomic E-state index is 0.0381. The van der Waals surface area contributed by atoms with E-state index in [9.17, 15) is 4.39 Å². The van der Waals surface area contributed by atoms with Gasteiger partial charge in [0.25, 0.3) is 0 Å². The van der Waals surface area contributed by atoms with Gasteiger partial charge in [0.1, 0.15) is 0 Å². The van der Waals surface area contributed by atoms with Gasteiger partial charge in [-0.25, -0.2) is 4.39 Å². The molecule has 0 fully saturated rings. The zero-order chi connectivity index (χ0) is 11.0. The summed E-state index contributed by atoms with van der Waals surface area (Å²) < 4.78 is 14.7. The third-order valence-corrected chi connectivity index (χ3v) is 3.74. The lowest BCUT2D eigenvalue weighted by Gasteiger charge is -2.36. The Labute approximate surface area is 89.1 Å². The molecule has 1 unspecified atom stereocenters. The third-order valence-electron chi connectivity index (χ3n) is 2.60. The average molecular weight is 215 g/mol. The van der Waals surface area contributed by atoms with E-state index in [1.54, 1.807) is 0 Å². The lowest BCUT2D eigenvalue weighted by Crippen LogP contribution is -2.41. The fraction of sp³-hybridized carbons (Fsp3) is 0.636. The van der Waals surface area contributed by atoms with Crippen LogP contribution in [-0.4, -0.2) is 6.54 Å². The maximum atomic E-state index is 14.7. The monoisotopic (exact) mass is 215 g/mol. The molecule has 0 saturated heterocycles. The molecule has 1 rings (SSSR count). The van der Waals surface area contributed by atoms with Crippen molar-refractivity contribution in [2.45, 2.75) is 33.4 Å². The number of halogens is 1. The molecule has 0 aliphatic heterocycles. The minimum Gasteiger partial charge on any atom is -0.327 e. The van der Waals surface area contributed by atoms with Crippen molar-refractivity contribution in [1.29, 1.82) is 0 Å². The highest BCUT2D eigenvalue weighted by Crippen LogP contribution is 2.44. The lowest BCUT2D eigenvalue weighted by atomic mass is 9.77. The highest BCUT2D eigenvalue weighted by molar-refractivity contribution is 7.12. The molecule has 80 valence electrons. The number of aryl methyl sites for hydroxylation is 1. The molecule has 1 aromatic heterocycles. The molecule has 0 saturated carbocycles. The molecule has 14 heavy (non-hydrogen) atoms. The van der Waals surface area contributed by atoms with Crippen LogP contribution in [0.1, 0.15) is 30.5 Å². The van der Waals surface area contributed by atoms with Crippen LogP contribution in [0.3, 0.4) is 0 Å². The predicted octanol–water partition coefficient (Wildman–Crippen LogP) is 3.23. The summed E-state index contributed by atoms with van der Waals surface area (Å²) in [5.41, 5.74) is 3.70. The zero-order valence-corrected chi connectivity index (χ0v) is 10.0. The van der Waals surface area contributed by atoms with Crippen molar-refractivity contribution in [3.63, 3.8) is 0 Å². The van der Waals surface area contributed by atoms with Crippen molar-refractivity contribution in [3.8, 4) is 0 Å². The Bertz CT molecular complexity index is 313. The predicted molar refractivity (Wildman–Crippen MR) is 60.4 cm³/mol. The first kappa shape index (κ1) is 11.7. The molecular weight excluding hydrogens is 197 g/mol. The highest BCUT2D eigenvalue weighted by atomic mass is 32.1. The van der Waals surface area contributed by atoms with E-state index in [1.807, 2.05) is 39.8 Å². The van der Waals surface area contributed by atoms with Crippen molar-refractivity contribution in [2.24, 2.45) is 11.1 Å². The van der Waals surface area contributed by atoms with Crippen molar-refractivity contribution in [3.05, 3.63) is 21.9 Å². The van der Waals surface area contributed by atoms with Crippen LogP contribution in [-0.2, 0) is 5.67 Å². The normalized spacial score (nSPS) is 16.7. The summed E-state index contributed by atoms with van der Waals surface area (Å²) in [4.78, 5) is 1.87. The van der Waals surface area contributed by atoms with Gasteiger partial charge in [0, 0.05) is 21.7 Å². The van der Waals surface area contributed by atoms with Gasteiger partial charge in [0.15, 0.2) is 5.67 Å². The highest BCUT2D eigenvalue weighted by Gasteiger charge is 2.43. The molecule has 3 heteroatoms. The summed E-state index contributed by atoms with van der Waals surface area (Å²) in [5, 5.41) is 0. The second-order valence-corrected chi connectivity index (χ2v) is 5.95. The molecule has 0 amide bonds. The summed E-state index contributed by atoms with van der Waals surface area (Å²) in [6.45, 7) is 7.67. The number of alkyl halides is 1. The van der Waals surface area contributed by atoms with E-state index in [-0.39, 0.29) is 6.54 Å². The number of thiophene rings is 1. The molecule has 0 bridgehead atoms. The van der Waals surface area contributed by atoms with E-state index in [0.717, 1.165) is 9.75 Å². The summed E-state index contributed by atoms with van der Waals surface area (Å²) in [6.07, 6.45) is 0. The summed E-state index contributed by atoms with van der Waals surface area (Å²) in [5.74, 6) is 0. The van der Waals surface area contributed by atoms with Crippen LogP contribution in [0, 0.1) is 12.3 Å². The van der Waals surface area contributed by atoms with Gasteiger partial charge in [0.2, 0.25) is 0 Å². The Morgan fingerprint density at radius 3 is 2.21 bits per heavy atom. The molecule has 1 atom stereocenters. The number of rotatable bonds is 2. The van der Waals surface area contributed by atoms with Crippen LogP contribution in [0.15, 0.2) is 12.1 Å². The zero-order valence-electron chi connectivity index (χ0n) is 9.23. The first-order valence-electron chi connectivity index (χ1n) is 4.77. The molecule has 1 nitrogen and oxygen atoms in total. The Hall–Kier alpha value is -0.410. The Morgan fingerprint density at radius 2 is 1.93 bits per heavy atom. The van der Waals surface area contributed by atoms with Crippen LogP contribution < -0.4 is 5.73 Å². The van der Waals surface area contributed by atoms with Gasteiger partial charge in [0.05, 0.1) is 0 Å². The van der Waals surface area contributed by atoms with E-state index in [2.05, 4.69) is 0 Å². The summed E-state index contributed by atoms with van der Waals surface area (Å²) in [7, 11) is 0. The van der Waals surface area contributed by atoms with Crippen LogP contribution >= 0.6 is 11.3 Å². The van der Waals surface area contributed by atoms with Gasteiger partial charge in [-0.1, -0.05) is 20.8 Å². The standard InChI is InChI=1S/C11H18FNS/c1-8-5-6-9(14-8)11(12,7-13)10(2,3)4/h5-6H,7,13H2,1-4H3. The van der Waals surface area contributed by atoms with E-state index in [0.29, 0.717) is 0 Å². The average Bonchev–Trinajstić information content (AvgIpc) is 2.48. The van der Waals surface area contributed by atoms with Crippen molar-refractivity contribution < 1.29 is 4.39 Å². The molecule has 0 aliphatic carbocycles. The lowest BCUT2D eigenvalue weighted by molar-refractivity contribution is 0.0380. The van der Waals surface area contributed by atoms with Crippen LogP contribution in [0.25, 0.3) is 0 Å². The first-order valence-corrected chi connectivity index (χ1v) is 5.59. The second-order valence-electron chi connectivity index (χ2n) is 4.67. The number of nitrogens with two attached hydrogens (primary N) is 1. The van der Waals surface area contributed by atoms with Crippen molar-refractivity contribution >= 4 is 11.3 Å². The topological polar surface area (TPSA) is 26.0 Å². The van der Waals surface area contributed by atoms with Crippen molar-refractivity contribution in [2.75, 3.05) is 6.54 Å². The molecule has 0 aromatic carbocycles. The second kappa shape index (κ2) is 3.63. The fourth-order valence-electron chi connectivity index (χ4n) is 1.42. The van der Waals surface area contributed by atoms with Crippen LogP contribution in [0.5, 0.6) is 0 Å². The molecule has 1 aromatic rings. The third kappa shape index (κ3) is 1.84. The Morgan fingerprint density at radius 1 is 1.36 bits per heavy atom. The summed E-state index contributed by atoms with van der Waals surface area (Å²) in [6, 6.07) is 3.79. The van der Waals surface area contributed by atoms with Gasteiger partial charge in [-0.3, -0.25) is 0 Å². The molecular formula is C11H18FNS. The van der Waals surface area contributed by atoms with E-state index in [4.69, 9.17) is 5.73 Å². The fourth-order valence-corrected chi connectivity index (χ4v) is 2.59. The summed E-state index contributed by atoms with van der Waals surface area (Å²) >= 11 is 1.49. The van der Waals surface area contributed by atoms with Gasteiger partial charge in [-0.15, -0.1) is 11.3 Å². The Balaban J connectivity index is 3.14. The van der Waals surface area contributed by atoms with Crippen molar-refractivity contribution in [1.82, 2.24) is 0 Å². The smallest absolute Gasteiger partial charge is 0.161 e. The number of hydrogen-bond acceptors (Lipinski definition) is 2. The molecule has 0 aliphatic rings. The molecule has 0 radical (unpaired) electrons. The van der Waals surface area contributed by atoms with Crippen LogP contribution in [0.2, 0.25) is 0 Å². The molecule has 0 spiro atoms. The largest absolute Gasteiger partial charge is 0.327 e. The van der Waals surface area contributed by atoms with Gasteiger partial charge < -0.3 is 5.73 Å². The van der Waals surface area contributed by atoms with Gasteiger partial charge in [-0.05, 0) is 19.1 Å². The van der Waals surface area contributed by atoms with Crippen LogP contribution in [0.4, 0.5) is 4.39 Å². The minimum atomic E-state index is -1.41. The maximum Gasteiger partial charge on any atom is 0.161 e. The Kier molecular flexibility index (Phi) is 3.02. The number of hydrogen-bond donors (Lipinski definition) is 1. The van der Waals surface area contributed by atoms with E-state index >= 15 is 0 Å². The molecule has 1 heterocycles. The van der Waals surface area contributed by atoms with Gasteiger partial charge in [-0.2, -0.15) is 0 Å². The van der Waals surface area contributed by atoms with E-state index in [1.165, 1.54) is 11.3 Å². The molecule has 2 N–H and O–H groups in total. The maximum absolute atomic E-state index is 14.7. The van der Waals surface area contributed by atoms with E-state index < -0.39 is 11.1 Å². The van der Waals surface area contributed by atoms with Gasteiger partial charge >= 0.3 is 0 Å². The SMILES string of the molecule is Cc1ccc(C(F)(CN)C(C)(C)C)s1.